The smallest absolute Gasteiger partial charge is 0.326 e. The normalized spacial score (nSPS) is 19.9. The molecule has 6 heteroatoms. The topological polar surface area (TPSA) is 57.6 Å². The van der Waals surface area contributed by atoms with E-state index in [1.54, 1.807) is 6.92 Å². The molecule has 1 aromatic carbocycles. The van der Waals surface area contributed by atoms with Crippen LogP contribution in [0.4, 0.5) is 8.78 Å². The molecule has 0 saturated carbocycles. The largest absolute Gasteiger partial charge is 0.480 e. The lowest BCUT2D eigenvalue weighted by molar-refractivity contribution is -0.148. The van der Waals surface area contributed by atoms with Crippen molar-refractivity contribution in [1.82, 2.24) is 4.90 Å². The van der Waals surface area contributed by atoms with Gasteiger partial charge in [0.15, 0.2) is 11.6 Å². The summed E-state index contributed by atoms with van der Waals surface area (Å²) in [5.41, 5.74) is 0.338. The molecule has 0 radical (unpaired) electrons. The minimum Gasteiger partial charge on any atom is -0.480 e. The number of carboxylic acid groups (broad SMARTS) is 1. The molecule has 0 aromatic heterocycles. The summed E-state index contributed by atoms with van der Waals surface area (Å²) in [7, 11) is 0. The Kier molecular flexibility index (Phi) is 4.01. The summed E-state index contributed by atoms with van der Waals surface area (Å²) in [4.78, 5) is 24.7. The summed E-state index contributed by atoms with van der Waals surface area (Å²) in [6.07, 6.45) is 1.05. The van der Waals surface area contributed by atoms with Crippen molar-refractivity contribution in [3.05, 3.63) is 35.4 Å². The van der Waals surface area contributed by atoms with Gasteiger partial charge in [0.05, 0.1) is 5.92 Å². The number of likely N-dealkylation sites (tertiary alicyclic amines) is 1. The number of carbonyl (C=O) groups is 2. The Morgan fingerprint density at radius 3 is 2.65 bits per heavy atom. The van der Waals surface area contributed by atoms with Crippen molar-refractivity contribution in [1.29, 1.82) is 0 Å². The summed E-state index contributed by atoms with van der Waals surface area (Å²) in [5, 5.41) is 9.06. The SMILES string of the molecule is C[C@H](C(=O)N1CCC[C@H]1C(=O)O)c1ccc(F)c(F)c1. The van der Waals surface area contributed by atoms with Gasteiger partial charge in [-0.25, -0.2) is 13.6 Å². The first-order chi connectivity index (χ1) is 9.41. The molecule has 2 atom stereocenters. The van der Waals surface area contributed by atoms with E-state index < -0.39 is 29.6 Å². The minimum absolute atomic E-state index is 0.338. The van der Waals surface area contributed by atoms with Gasteiger partial charge in [0, 0.05) is 6.54 Å². The van der Waals surface area contributed by atoms with Crippen molar-refractivity contribution in [3.63, 3.8) is 0 Å². The Balaban J connectivity index is 2.19. The second-order valence-corrected chi connectivity index (χ2v) is 4.92. The highest BCUT2D eigenvalue weighted by atomic mass is 19.2. The van der Waals surface area contributed by atoms with Crippen LogP contribution < -0.4 is 0 Å². The van der Waals surface area contributed by atoms with E-state index in [0.29, 0.717) is 24.9 Å². The number of rotatable bonds is 3. The zero-order valence-corrected chi connectivity index (χ0v) is 11.0. The molecular weight excluding hydrogens is 268 g/mol. The number of carbonyl (C=O) groups excluding carboxylic acids is 1. The van der Waals surface area contributed by atoms with Gasteiger partial charge in [-0.1, -0.05) is 6.07 Å². The van der Waals surface area contributed by atoms with Crippen LogP contribution in [0.2, 0.25) is 0 Å². The summed E-state index contributed by atoms with van der Waals surface area (Å²) in [6, 6.07) is 2.46. The third-order valence-corrected chi connectivity index (χ3v) is 3.64. The van der Waals surface area contributed by atoms with Gasteiger partial charge in [-0.3, -0.25) is 4.79 Å². The number of hydrogen-bond acceptors (Lipinski definition) is 2. The van der Waals surface area contributed by atoms with Gasteiger partial charge in [0.1, 0.15) is 6.04 Å². The van der Waals surface area contributed by atoms with Crippen molar-refractivity contribution >= 4 is 11.9 Å². The zero-order chi connectivity index (χ0) is 14.9. The second kappa shape index (κ2) is 5.56. The fourth-order valence-corrected chi connectivity index (χ4v) is 2.46. The van der Waals surface area contributed by atoms with E-state index in [1.807, 2.05) is 0 Å². The number of nitrogens with zero attached hydrogens (tertiary/aromatic N) is 1. The van der Waals surface area contributed by atoms with Gasteiger partial charge in [0.25, 0.3) is 0 Å². The molecule has 1 N–H and O–H groups in total. The zero-order valence-electron chi connectivity index (χ0n) is 11.0. The molecule has 1 aliphatic rings. The maximum absolute atomic E-state index is 13.2. The van der Waals surface area contributed by atoms with E-state index in [2.05, 4.69) is 0 Å². The minimum atomic E-state index is -1.03. The van der Waals surface area contributed by atoms with Crippen LogP contribution >= 0.6 is 0 Å². The average molecular weight is 283 g/mol. The summed E-state index contributed by atoms with van der Waals surface area (Å²) in [5.74, 6) is -4.10. The molecule has 20 heavy (non-hydrogen) atoms. The molecule has 4 nitrogen and oxygen atoms in total. The third-order valence-electron chi connectivity index (χ3n) is 3.64. The molecule has 1 fully saturated rings. The van der Waals surface area contributed by atoms with Crippen LogP contribution in [-0.4, -0.2) is 34.5 Å². The van der Waals surface area contributed by atoms with Crippen LogP contribution in [0.5, 0.6) is 0 Å². The lowest BCUT2D eigenvalue weighted by Crippen LogP contribution is -2.42. The van der Waals surface area contributed by atoms with E-state index in [9.17, 15) is 18.4 Å². The lowest BCUT2D eigenvalue weighted by Gasteiger charge is -2.25. The highest BCUT2D eigenvalue weighted by molar-refractivity contribution is 5.88. The number of aliphatic carboxylic acids is 1. The standard InChI is InChI=1S/C14H15F2NO3/c1-8(9-4-5-10(15)11(16)7-9)13(18)17-6-2-3-12(17)14(19)20/h4-5,7-8,12H,2-3,6H2,1H3,(H,19,20)/t8-,12-/m0/s1. The molecule has 108 valence electrons. The van der Waals surface area contributed by atoms with E-state index in [0.717, 1.165) is 12.1 Å². The van der Waals surface area contributed by atoms with Crippen LogP contribution in [-0.2, 0) is 9.59 Å². The Morgan fingerprint density at radius 1 is 1.35 bits per heavy atom. The Labute approximate surface area is 115 Å². The van der Waals surface area contributed by atoms with Gasteiger partial charge in [-0.15, -0.1) is 0 Å². The quantitative estimate of drug-likeness (QED) is 0.924. The van der Waals surface area contributed by atoms with Gasteiger partial charge < -0.3 is 10.0 Å². The van der Waals surface area contributed by atoms with Gasteiger partial charge in [0.2, 0.25) is 5.91 Å². The first-order valence-corrected chi connectivity index (χ1v) is 6.40. The molecule has 2 rings (SSSR count). The molecule has 0 spiro atoms. The fourth-order valence-electron chi connectivity index (χ4n) is 2.46. The summed E-state index contributed by atoms with van der Waals surface area (Å²) in [6.45, 7) is 1.94. The molecule has 1 amide bonds. The number of amides is 1. The average Bonchev–Trinajstić information content (AvgIpc) is 2.89. The van der Waals surface area contributed by atoms with Crippen LogP contribution in [0.25, 0.3) is 0 Å². The highest BCUT2D eigenvalue weighted by Crippen LogP contribution is 2.25. The first-order valence-electron chi connectivity index (χ1n) is 6.40. The molecule has 1 aromatic rings. The van der Waals surface area contributed by atoms with Crippen molar-refractivity contribution in [3.8, 4) is 0 Å². The number of carboxylic acids is 1. The number of hydrogen-bond donors (Lipinski definition) is 1. The van der Waals surface area contributed by atoms with Crippen molar-refractivity contribution in [2.75, 3.05) is 6.54 Å². The second-order valence-electron chi connectivity index (χ2n) is 4.92. The van der Waals surface area contributed by atoms with E-state index in [4.69, 9.17) is 5.11 Å². The van der Waals surface area contributed by atoms with Crippen molar-refractivity contribution in [2.24, 2.45) is 0 Å². The summed E-state index contributed by atoms with van der Waals surface area (Å²) >= 11 is 0. The lowest BCUT2D eigenvalue weighted by atomic mass is 9.99. The van der Waals surface area contributed by atoms with Crippen LogP contribution in [0.1, 0.15) is 31.2 Å². The maximum atomic E-state index is 13.2. The summed E-state index contributed by atoms with van der Waals surface area (Å²) < 4.78 is 26.1. The Morgan fingerprint density at radius 2 is 2.05 bits per heavy atom. The molecule has 1 saturated heterocycles. The number of halogens is 2. The van der Waals surface area contributed by atoms with Gasteiger partial charge in [-0.05, 0) is 37.5 Å². The molecule has 0 bridgehead atoms. The fraction of sp³-hybridized carbons (Fsp3) is 0.429. The van der Waals surface area contributed by atoms with E-state index >= 15 is 0 Å². The number of benzene rings is 1. The monoisotopic (exact) mass is 283 g/mol. The molecule has 1 aliphatic heterocycles. The van der Waals surface area contributed by atoms with Crippen LogP contribution in [0.3, 0.4) is 0 Å². The maximum Gasteiger partial charge on any atom is 0.326 e. The molecule has 0 aliphatic carbocycles. The molecular formula is C14H15F2NO3. The predicted octanol–water partition coefficient (Wildman–Crippen LogP) is 2.14. The Bertz CT molecular complexity index is 547. The van der Waals surface area contributed by atoms with Gasteiger partial charge in [-0.2, -0.15) is 0 Å². The van der Waals surface area contributed by atoms with Gasteiger partial charge >= 0.3 is 5.97 Å². The van der Waals surface area contributed by atoms with E-state index in [1.165, 1.54) is 11.0 Å². The molecule has 1 heterocycles. The van der Waals surface area contributed by atoms with E-state index in [-0.39, 0.29) is 5.91 Å². The molecule has 0 unspecified atom stereocenters. The van der Waals surface area contributed by atoms with Crippen LogP contribution in [0.15, 0.2) is 18.2 Å². The Hall–Kier alpha value is -1.98. The van der Waals surface area contributed by atoms with Crippen LogP contribution in [0, 0.1) is 11.6 Å². The first kappa shape index (κ1) is 14.4. The highest BCUT2D eigenvalue weighted by Gasteiger charge is 2.36. The predicted molar refractivity (Wildman–Crippen MR) is 67.1 cm³/mol. The third kappa shape index (κ3) is 2.64. The van der Waals surface area contributed by atoms with Crippen molar-refractivity contribution in [2.45, 2.75) is 31.7 Å². The van der Waals surface area contributed by atoms with Crippen molar-refractivity contribution < 1.29 is 23.5 Å².